The molecule has 2 bridgehead atoms. The molecule has 3 aliphatic rings. The first-order chi connectivity index (χ1) is 8.41. The van der Waals surface area contributed by atoms with Gasteiger partial charge < -0.3 is 4.74 Å². The van der Waals surface area contributed by atoms with Gasteiger partial charge in [-0.15, -0.1) is 0 Å². The van der Waals surface area contributed by atoms with Crippen molar-refractivity contribution in [3.63, 3.8) is 0 Å². The number of hydrogen-bond acceptors (Lipinski definition) is 3. The summed E-state index contributed by atoms with van der Waals surface area (Å²) in [5.74, 6) is 2.13. The summed E-state index contributed by atoms with van der Waals surface area (Å²) >= 11 is 4.80. The van der Waals surface area contributed by atoms with Gasteiger partial charge in [-0.1, -0.05) is 20.8 Å². The van der Waals surface area contributed by atoms with E-state index in [1.807, 2.05) is 0 Å². The highest BCUT2D eigenvalue weighted by atomic mass is 32.1. The molecule has 0 aromatic carbocycles. The number of fused-ring (bicyclic) bond motifs is 3. The zero-order valence-corrected chi connectivity index (χ0v) is 12.5. The Labute approximate surface area is 115 Å². The molecule has 1 aliphatic heterocycles. The van der Waals surface area contributed by atoms with Crippen LogP contribution in [0.3, 0.4) is 0 Å². The SMILES string of the molecule is CC(C)C1(C(C)S)CC2CC1CC21COC(=O)C1. The van der Waals surface area contributed by atoms with E-state index in [2.05, 4.69) is 20.8 Å². The minimum atomic E-state index is 0.0246. The molecule has 1 spiro atoms. The van der Waals surface area contributed by atoms with Crippen LogP contribution in [0, 0.1) is 28.6 Å². The summed E-state index contributed by atoms with van der Waals surface area (Å²) in [6.07, 6.45) is 4.39. The second kappa shape index (κ2) is 3.91. The number of carbonyl (C=O) groups excluding carboxylic acids is 1. The summed E-state index contributed by atoms with van der Waals surface area (Å²) < 4.78 is 5.27. The Kier molecular flexibility index (Phi) is 2.79. The molecule has 2 aliphatic carbocycles. The monoisotopic (exact) mass is 268 g/mol. The van der Waals surface area contributed by atoms with E-state index in [4.69, 9.17) is 17.4 Å². The summed E-state index contributed by atoms with van der Waals surface area (Å²) in [5.41, 5.74) is 0.577. The maximum atomic E-state index is 11.5. The maximum absolute atomic E-state index is 11.5. The lowest BCUT2D eigenvalue weighted by Crippen LogP contribution is -2.45. The summed E-state index contributed by atoms with van der Waals surface area (Å²) in [7, 11) is 0. The normalized spacial score (nSPS) is 48.2. The number of esters is 1. The minimum absolute atomic E-state index is 0.0246. The van der Waals surface area contributed by atoms with Crippen molar-refractivity contribution in [2.24, 2.45) is 28.6 Å². The molecule has 2 nitrogen and oxygen atoms in total. The fraction of sp³-hybridized carbons (Fsp3) is 0.933. The minimum Gasteiger partial charge on any atom is -0.465 e. The molecule has 0 amide bonds. The van der Waals surface area contributed by atoms with Crippen molar-refractivity contribution in [3.05, 3.63) is 0 Å². The number of thiol groups is 1. The van der Waals surface area contributed by atoms with E-state index >= 15 is 0 Å². The molecule has 1 heterocycles. The number of rotatable bonds is 2. The lowest BCUT2D eigenvalue weighted by atomic mass is 9.58. The highest BCUT2D eigenvalue weighted by Gasteiger charge is 2.65. The first-order valence-electron chi connectivity index (χ1n) is 7.24. The molecule has 0 aromatic rings. The van der Waals surface area contributed by atoms with Crippen LogP contribution in [-0.4, -0.2) is 17.8 Å². The van der Waals surface area contributed by atoms with Gasteiger partial charge in [0.25, 0.3) is 0 Å². The van der Waals surface area contributed by atoms with Crippen LogP contribution in [0.5, 0.6) is 0 Å². The smallest absolute Gasteiger partial charge is 0.306 e. The second-order valence-electron chi connectivity index (χ2n) is 7.18. The van der Waals surface area contributed by atoms with Crippen LogP contribution in [0.4, 0.5) is 0 Å². The average Bonchev–Trinajstić information content (AvgIpc) is 2.91. The molecule has 2 saturated carbocycles. The first-order valence-corrected chi connectivity index (χ1v) is 7.76. The van der Waals surface area contributed by atoms with Crippen molar-refractivity contribution in [3.8, 4) is 0 Å². The number of carbonyl (C=O) groups is 1. The quantitative estimate of drug-likeness (QED) is 0.614. The summed E-state index contributed by atoms with van der Waals surface area (Å²) in [6, 6.07) is 0. The van der Waals surface area contributed by atoms with E-state index in [-0.39, 0.29) is 11.4 Å². The zero-order valence-electron chi connectivity index (χ0n) is 11.6. The summed E-state index contributed by atoms with van der Waals surface area (Å²) in [6.45, 7) is 7.63. The fourth-order valence-electron chi connectivity index (χ4n) is 5.35. The number of hydrogen-bond donors (Lipinski definition) is 1. The van der Waals surface area contributed by atoms with Crippen LogP contribution in [0.1, 0.15) is 46.5 Å². The number of ether oxygens (including phenoxy) is 1. The van der Waals surface area contributed by atoms with E-state index < -0.39 is 0 Å². The average molecular weight is 268 g/mol. The van der Waals surface area contributed by atoms with Crippen molar-refractivity contribution < 1.29 is 9.53 Å². The Morgan fingerprint density at radius 2 is 2.00 bits per heavy atom. The Morgan fingerprint density at radius 1 is 1.28 bits per heavy atom. The van der Waals surface area contributed by atoms with E-state index in [1.54, 1.807) is 0 Å². The van der Waals surface area contributed by atoms with E-state index in [0.717, 1.165) is 5.92 Å². The Bertz CT molecular complexity index is 369. The van der Waals surface area contributed by atoms with Crippen LogP contribution in [-0.2, 0) is 9.53 Å². The molecule has 0 radical (unpaired) electrons. The van der Waals surface area contributed by atoms with Crippen molar-refractivity contribution >= 4 is 18.6 Å². The Balaban J connectivity index is 1.87. The lowest BCUT2D eigenvalue weighted by molar-refractivity contribution is -0.137. The second-order valence-corrected chi connectivity index (χ2v) is 7.96. The molecule has 5 atom stereocenters. The van der Waals surface area contributed by atoms with Gasteiger partial charge in [-0.2, -0.15) is 12.6 Å². The summed E-state index contributed by atoms with van der Waals surface area (Å²) in [4.78, 5) is 11.5. The molecule has 0 aromatic heterocycles. The van der Waals surface area contributed by atoms with Gasteiger partial charge in [0, 0.05) is 10.7 Å². The molecular weight excluding hydrogens is 244 g/mol. The van der Waals surface area contributed by atoms with Crippen molar-refractivity contribution in [1.82, 2.24) is 0 Å². The standard InChI is InChI=1S/C15H24O2S/c1-9(2)15(10(3)18)6-11-4-12(15)5-14(11)7-13(16)17-8-14/h9-12,18H,4-8H2,1-3H3. The van der Waals surface area contributed by atoms with E-state index in [9.17, 15) is 4.79 Å². The maximum Gasteiger partial charge on any atom is 0.306 e. The predicted molar refractivity (Wildman–Crippen MR) is 74.6 cm³/mol. The van der Waals surface area contributed by atoms with Gasteiger partial charge in [-0.25, -0.2) is 0 Å². The van der Waals surface area contributed by atoms with Gasteiger partial charge in [0.2, 0.25) is 0 Å². The summed E-state index contributed by atoms with van der Waals surface area (Å²) in [5, 5.41) is 0.447. The van der Waals surface area contributed by atoms with Crippen LogP contribution < -0.4 is 0 Å². The van der Waals surface area contributed by atoms with Crippen molar-refractivity contribution in [2.75, 3.05) is 6.61 Å². The Hall–Kier alpha value is -0.180. The van der Waals surface area contributed by atoms with Gasteiger partial charge in [-0.05, 0) is 42.4 Å². The third-order valence-electron chi connectivity index (χ3n) is 6.32. The molecule has 5 unspecified atom stereocenters. The molecule has 1 saturated heterocycles. The van der Waals surface area contributed by atoms with Crippen LogP contribution in [0.2, 0.25) is 0 Å². The van der Waals surface area contributed by atoms with Crippen LogP contribution in [0.15, 0.2) is 0 Å². The molecular formula is C15H24O2S. The topological polar surface area (TPSA) is 26.3 Å². The van der Waals surface area contributed by atoms with E-state index in [0.29, 0.717) is 35.5 Å². The fourth-order valence-corrected chi connectivity index (χ4v) is 5.96. The third-order valence-corrected chi connectivity index (χ3v) is 6.80. The van der Waals surface area contributed by atoms with Gasteiger partial charge in [-0.3, -0.25) is 4.79 Å². The van der Waals surface area contributed by atoms with Gasteiger partial charge in [0.05, 0.1) is 13.0 Å². The molecule has 3 rings (SSSR count). The molecule has 3 fully saturated rings. The van der Waals surface area contributed by atoms with Gasteiger partial charge in [0.1, 0.15) is 0 Å². The Morgan fingerprint density at radius 3 is 2.39 bits per heavy atom. The van der Waals surface area contributed by atoms with E-state index in [1.165, 1.54) is 19.3 Å². The number of cyclic esters (lactones) is 1. The molecule has 3 heteroatoms. The zero-order chi connectivity index (χ0) is 13.1. The highest BCUT2D eigenvalue weighted by Crippen LogP contribution is 2.69. The predicted octanol–water partition coefficient (Wildman–Crippen LogP) is 3.31. The molecule has 18 heavy (non-hydrogen) atoms. The van der Waals surface area contributed by atoms with Crippen molar-refractivity contribution in [1.29, 1.82) is 0 Å². The van der Waals surface area contributed by atoms with Crippen molar-refractivity contribution in [2.45, 2.75) is 51.7 Å². The molecule has 0 N–H and O–H groups in total. The largest absolute Gasteiger partial charge is 0.465 e. The molecule has 102 valence electrons. The van der Waals surface area contributed by atoms with Gasteiger partial charge in [0.15, 0.2) is 0 Å². The highest BCUT2D eigenvalue weighted by molar-refractivity contribution is 7.81. The lowest BCUT2D eigenvalue weighted by Gasteiger charge is -2.48. The van der Waals surface area contributed by atoms with Gasteiger partial charge >= 0.3 is 5.97 Å². The third kappa shape index (κ3) is 1.46. The first kappa shape index (κ1) is 12.8. The van der Waals surface area contributed by atoms with Crippen LogP contribution >= 0.6 is 12.6 Å². The van der Waals surface area contributed by atoms with Crippen LogP contribution in [0.25, 0.3) is 0 Å².